The van der Waals surface area contributed by atoms with E-state index < -0.39 is 14.9 Å². The predicted molar refractivity (Wildman–Crippen MR) is 77.7 cm³/mol. The molecule has 9 heteroatoms. The van der Waals surface area contributed by atoms with Crippen molar-refractivity contribution in [1.29, 1.82) is 0 Å². The van der Waals surface area contributed by atoms with Gasteiger partial charge in [-0.05, 0) is 19.8 Å². The minimum absolute atomic E-state index is 0.0299. The maximum Gasteiger partial charge on any atom is 0.304 e. The van der Waals surface area contributed by atoms with Gasteiger partial charge in [0.15, 0.2) is 5.00 Å². The van der Waals surface area contributed by atoms with Crippen LogP contribution in [-0.2, 0) is 10.0 Å². The number of rotatable bonds is 4. The van der Waals surface area contributed by atoms with Gasteiger partial charge in [-0.2, -0.15) is 4.31 Å². The molecule has 1 saturated heterocycles. The van der Waals surface area contributed by atoms with Gasteiger partial charge in [0, 0.05) is 25.7 Å². The number of hydrogen-bond acceptors (Lipinski definition) is 6. The van der Waals surface area contributed by atoms with Crippen molar-refractivity contribution in [2.45, 2.75) is 36.4 Å². The van der Waals surface area contributed by atoms with Gasteiger partial charge in [0.25, 0.3) is 10.0 Å². The lowest BCUT2D eigenvalue weighted by Gasteiger charge is -2.31. The fourth-order valence-corrected chi connectivity index (χ4v) is 5.46. The van der Waals surface area contributed by atoms with Crippen molar-refractivity contribution in [3.05, 3.63) is 16.2 Å². The molecule has 2 heterocycles. The van der Waals surface area contributed by atoms with Gasteiger partial charge >= 0.3 is 5.69 Å². The standard InChI is InChI=1S/C11H17N3O4S2/c1-8-5-3-4-6-13(8)20(17,18)10-7-9(14(15)16)11(12-2)19-10/h7-8,12H,3-6H2,1-2H3. The maximum atomic E-state index is 12.6. The fourth-order valence-electron chi connectivity index (χ4n) is 2.35. The third-order valence-corrected chi connectivity index (χ3v) is 7.02. The molecule has 1 aliphatic rings. The first-order valence-corrected chi connectivity index (χ1v) is 8.61. The number of hydrogen-bond donors (Lipinski definition) is 1. The van der Waals surface area contributed by atoms with Gasteiger partial charge < -0.3 is 5.32 Å². The monoisotopic (exact) mass is 319 g/mol. The average molecular weight is 319 g/mol. The van der Waals surface area contributed by atoms with Crippen LogP contribution in [0.4, 0.5) is 10.7 Å². The Kier molecular flexibility index (Phi) is 4.31. The zero-order valence-electron chi connectivity index (χ0n) is 11.3. The van der Waals surface area contributed by atoms with E-state index in [4.69, 9.17) is 0 Å². The highest BCUT2D eigenvalue weighted by atomic mass is 32.2. The molecule has 1 aromatic heterocycles. The Hall–Kier alpha value is -1.19. The summed E-state index contributed by atoms with van der Waals surface area (Å²) in [5.74, 6) is 0. The molecule has 0 aliphatic carbocycles. The van der Waals surface area contributed by atoms with Gasteiger partial charge in [0.2, 0.25) is 0 Å². The number of thiophene rings is 1. The second kappa shape index (κ2) is 5.66. The van der Waals surface area contributed by atoms with Crippen molar-refractivity contribution in [2.24, 2.45) is 0 Å². The Labute approximate surface area is 121 Å². The summed E-state index contributed by atoms with van der Waals surface area (Å²) < 4.78 is 26.7. The molecule has 0 aromatic carbocycles. The smallest absolute Gasteiger partial charge is 0.304 e. The van der Waals surface area contributed by atoms with Crippen molar-refractivity contribution in [1.82, 2.24) is 4.31 Å². The summed E-state index contributed by atoms with van der Waals surface area (Å²) in [7, 11) is -2.11. The van der Waals surface area contributed by atoms with Crippen LogP contribution in [0.2, 0.25) is 0 Å². The molecule has 20 heavy (non-hydrogen) atoms. The fraction of sp³-hybridized carbons (Fsp3) is 0.636. The van der Waals surface area contributed by atoms with Crippen molar-refractivity contribution < 1.29 is 13.3 Å². The molecule has 0 bridgehead atoms. The summed E-state index contributed by atoms with van der Waals surface area (Å²) in [5.41, 5.74) is -0.194. The Morgan fingerprint density at radius 1 is 1.50 bits per heavy atom. The molecule has 1 atom stereocenters. The molecular weight excluding hydrogens is 302 g/mol. The third-order valence-electron chi connectivity index (χ3n) is 3.42. The first kappa shape index (κ1) is 15.2. The van der Waals surface area contributed by atoms with E-state index in [2.05, 4.69) is 5.32 Å². The van der Waals surface area contributed by atoms with Crippen LogP contribution in [0.1, 0.15) is 26.2 Å². The molecule has 1 aromatic rings. The van der Waals surface area contributed by atoms with E-state index in [0.717, 1.165) is 36.7 Å². The molecule has 112 valence electrons. The van der Waals surface area contributed by atoms with E-state index in [9.17, 15) is 18.5 Å². The summed E-state index contributed by atoms with van der Waals surface area (Å²) >= 11 is 0.908. The number of nitrogens with zero attached hydrogens (tertiary/aromatic N) is 2. The predicted octanol–water partition coefficient (Wildman–Crippen LogP) is 2.26. The summed E-state index contributed by atoms with van der Waals surface area (Å²) in [5, 5.41) is 13.9. The van der Waals surface area contributed by atoms with Crippen LogP contribution in [0.5, 0.6) is 0 Å². The Morgan fingerprint density at radius 3 is 2.70 bits per heavy atom. The van der Waals surface area contributed by atoms with Crippen LogP contribution in [0.15, 0.2) is 10.3 Å². The van der Waals surface area contributed by atoms with Crippen molar-refractivity contribution in [3.8, 4) is 0 Å². The molecule has 0 saturated carbocycles. The van der Waals surface area contributed by atoms with Crippen molar-refractivity contribution in [2.75, 3.05) is 18.9 Å². The van der Waals surface area contributed by atoms with Crippen molar-refractivity contribution in [3.63, 3.8) is 0 Å². The molecular formula is C11H17N3O4S2. The molecule has 0 spiro atoms. The first-order chi connectivity index (χ1) is 9.37. The van der Waals surface area contributed by atoms with Crippen LogP contribution >= 0.6 is 11.3 Å². The quantitative estimate of drug-likeness (QED) is 0.679. The topological polar surface area (TPSA) is 92.6 Å². The second-order valence-electron chi connectivity index (χ2n) is 4.75. The van der Waals surface area contributed by atoms with Crippen LogP contribution in [0, 0.1) is 10.1 Å². The molecule has 1 aliphatic heterocycles. The van der Waals surface area contributed by atoms with E-state index >= 15 is 0 Å². The van der Waals surface area contributed by atoms with E-state index in [0.29, 0.717) is 6.54 Å². The first-order valence-electron chi connectivity index (χ1n) is 6.35. The van der Waals surface area contributed by atoms with Crippen LogP contribution in [-0.4, -0.2) is 37.3 Å². The van der Waals surface area contributed by atoms with E-state index in [1.54, 1.807) is 7.05 Å². The van der Waals surface area contributed by atoms with E-state index in [-0.39, 0.29) is 20.9 Å². The van der Waals surface area contributed by atoms with Gasteiger partial charge in [0.1, 0.15) is 4.21 Å². The van der Waals surface area contributed by atoms with Gasteiger partial charge in [-0.25, -0.2) is 8.42 Å². The lowest BCUT2D eigenvalue weighted by atomic mass is 10.1. The highest BCUT2D eigenvalue weighted by Gasteiger charge is 2.34. The normalized spacial score (nSPS) is 20.8. The molecule has 1 fully saturated rings. The number of nitrogens with one attached hydrogen (secondary N) is 1. The number of anilines is 1. The van der Waals surface area contributed by atoms with E-state index in [1.807, 2.05) is 6.92 Å². The molecule has 1 N–H and O–H groups in total. The zero-order chi connectivity index (χ0) is 14.9. The molecule has 0 amide bonds. The lowest BCUT2D eigenvalue weighted by Crippen LogP contribution is -2.41. The highest BCUT2D eigenvalue weighted by molar-refractivity contribution is 7.91. The Morgan fingerprint density at radius 2 is 2.20 bits per heavy atom. The van der Waals surface area contributed by atoms with Gasteiger partial charge in [-0.15, -0.1) is 0 Å². The minimum atomic E-state index is -3.65. The molecule has 2 rings (SSSR count). The average Bonchev–Trinajstić information content (AvgIpc) is 2.84. The largest absolute Gasteiger partial charge is 0.374 e. The maximum absolute atomic E-state index is 12.6. The zero-order valence-corrected chi connectivity index (χ0v) is 13.0. The van der Waals surface area contributed by atoms with Crippen molar-refractivity contribution >= 4 is 32.0 Å². The minimum Gasteiger partial charge on any atom is -0.374 e. The Bertz CT molecular complexity index is 611. The summed E-state index contributed by atoms with van der Waals surface area (Å²) in [6.07, 6.45) is 2.67. The van der Waals surface area contributed by atoms with Gasteiger partial charge in [-0.3, -0.25) is 10.1 Å². The van der Waals surface area contributed by atoms with E-state index in [1.165, 1.54) is 4.31 Å². The summed E-state index contributed by atoms with van der Waals surface area (Å²) in [4.78, 5) is 10.4. The SMILES string of the molecule is CNc1sc(S(=O)(=O)N2CCCCC2C)cc1[N+](=O)[O-]. The number of piperidine rings is 1. The van der Waals surface area contributed by atoms with Crippen LogP contribution in [0.3, 0.4) is 0 Å². The highest BCUT2D eigenvalue weighted by Crippen LogP contribution is 2.39. The third kappa shape index (κ3) is 2.65. The molecule has 0 radical (unpaired) electrons. The number of sulfonamides is 1. The summed E-state index contributed by atoms with van der Waals surface area (Å²) in [6.45, 7) is 2.35. The summed E-state index contributed by atoms with van der Waals surface area (Å²) in [6, 6.07) is 1.08. The van der Waals surface area contributed by atoms with Gasteiger partial charge in [0.05, 0.1) is 4.92 Å². The second-order valence-corrected chi connectivity index (χ2v) is 7.92. The lowest BCUT2D eigenvalue weighted by molar-refractivity contribution is -0.383. The van der Waals surface area contributed by atoms with Crippen LogP contribution < -0.4 is 5.32 Å². The van der Waals surface area contributed by atoms with Gasteiger partial charge in [-0.1, -0.05) is 17.8 Å². The Balaban J connectivity index is 2.41. The molecule has 7 nitrogen and oxygen atoms in total. The number of nitro groups is 1. The molecule has 1 unspecified atom stereocenters. The van der Waals surface area contributed by atoms with Crippen LogP contribution in [0.25, 0.3) is 0 Å².